The number of anilines is 2. The fourth-order valence-corrected chi connectivity index (χ4v) is 3.08. The summed E-state index contributed by atoms with van der Waals surface area (Å²) in [5.74, 6) is -0.102. The van der Waals surface area contributed by atoms with E-state index in [1.165, 1.54) is 0 Å². The monoisotopic (exact) mass is 373 g/mol. The maximum Gasteiger partial charge on any atom is 0.255 e. The van der Waals surface area contributed by atoms with Crippen LogP contribution in [0.5, 0.6) is 0 Å². The van der Waals surface area contributed by atoms with E-state index >= 15 is 0 Å². The summed E-state index contributed by atoms with van der Waals surface area (Å²) in [6.07, 6.45) is 1.69. The van der Waals surface area contributed by atoms with Crippen molar-refractivity contribution in [2.45, 2.75) is 25.8 Å². The number of amides is 2. The minimum atomic E-state index is -0.170. The number of hydrogen-bond acceptors (Lipinski definition) is 3. The number of carbonyl (C=O) groups excluding carboxylic acids is 2. The topological polar surface area (TPSA) is 70.2 Å². The van der Waals surface area contributed by atoms with Crippen LogP contribution in [-0.2, 0) is 4.79 Å². The third-order valence-electron chi connectivity index (χ3n) is 4.42. The molecule has 5 nitrogen and oxygen atoms in total. The molecule has 0 unspecified atom stereocenters. The van der Waals surface area contributed by atoms with E-state index in [0.29, 0.717) is 23.0 Å². The molecule has 2 amide bonds. The van der Waals surface area contributed by atoms with Crippen LogP contribution in [0.1, 0.15) is 30.1 Å². The lowest BCUT2D eigenvalue weighted by Crippen LogP contribution is -2.40. The average Bonchev–Trinajstić information content (AvgIpc) is 2.63. The molecule has 2 atom stereocenters. The molecule has 1 saturated heterocycles. The summed E-state index contributed by atoms with van der Waals surface area (Å²) in [4.78, 5) is 24.7. The van der Waals surface area contributed by atoms with E-state index in [4.69, 9.17) is 0 Å². The van der Waals surface area contributed by atoms with Crippen LogP contribution < -0.4 is 16.0 Å². The summed E-state index contributed by atoms with van der Waals surface area (Å²) in [7, 11) is 0. The number of carbonyl (C=O) groups is 2. The van der Waals surface area contributed by atoms with Gasteiger partial charge >= 0.3 is 0 Å². The highest BCUT2D eigenvalue weighted by Crippen LogP contribution is 2.21. The van der Waals surface area contributed by atoms with Crippen molar-refractivity contribution in [3.63, 3.8) is 0 Å². The van der Waals surface area contributed by atoms with Crippen LogP contribution in [0, 0.1) is 5.92 Å². The van der Waals surface area contributed by atoms with Crippen molar-refractivity contribution in [3.8, 4) is 0 Å². The number of rotatable bonds is 4. The van der Waals surface area contributed by atoms with Gasteiger partial charge in [0.25, 0.3) is 5.91 Å². The fraction of sp³-hybridized carbons (Fsp3) is 0.300. The summed E-state index contributed by atoms with van der Waals surface area (Å²) in [5.41, 5.74) is 1.95. The van der Waals surface area contributed by atoms with Crippen LogP contribution in [0.15, 0.2) is 54.6 Å². The van der Waals surface area contributed by atoms with Gasteiger partial charge in [0.2, 0.25) is 5.91 Å². The molecule has 0 bridgehead atoms. The van der Waals surface area contributed by atoms with E-state index in [0.717, 1.165) is 19.4 Å². The van der Waals surface area contributed by atoms with E-state index in [-0.39, 0.29) is 30.1 Å². The molecule has 6 heteroatoms. The largest absolute Gasteiger partial charge is 0.326 e. The second kappa shape index (κ2) is 9.36. The van der Waals surface area contributed by atoms with Crippen molar-refractivity contribution < 1.29 is 9.59 Å². The van der Waals surface area contributed by atoms with Crippen molar-refractivity contribution in [2.75, 3.05) is 17.2 Å². The Bertz CT molecular complexity index is 752. The van der Waals surface area contributed by atoms with Crippen LogP contribution in [-0.4, -0.2) is 24.4 Å². The molecule has 1 aliphatic rings. The Morgan fingerprint density at radius 2 is 1.69 bits per heavy atom. The molecule has 2 aromatic rings. The Labute approximate surface area is 160 Å². The molecule has 138 valence electrons. The fourth-order valence-electron chi connectivity index (χ4n) is 3.08. The molecule has 2 aromatic carbocycles. The second-order valence-corrected chi connectivity index (χ2v) is 6.47. The lowest BCUT2D eigenvalue weighted by Gasteiger charge is -2.27. The Hall–Kier alpha value is -2.37. The number of benzene rings is 2. The third-order valence-corrected chi connectivity index (χ3v) is 4.42. The van der Waals surface area contributed by atoms with Gasteiger partial charge in [-0.05, 0) is 56.6 Å². The zero-order valence-corrected chi connectivity index (χ0v) is 15.5. The molecule has 1 aliphatic heterocycles. The van der Waals surface area contributed by atoms with Crippen molar-refractivity contribution >= 4 is 35.6 Å². The first-order valence-electron chi connectivity index (χ1n) is 8.62. The minimum Gasteiger partial charge on any atom is -0.326 e. The van der Waals surface area contributed by atoms with Crippen LogP contribution in [0.2, 0.25) is 0 Å². The standard InChI is InChI=1S/C20H23N3O2.ClH/c1-14-12-16(10-11-21-14)20(25)23-18-9-5-8-17(13-18)22-19(24)15-6-3-2-4-7-15;/h2-9,13-14,16,21H,10-12H2,1H3,(H,22,24)(H,23,25);1H/t14-,16-;/m0./s1. The molecule has 0 saturated carbocycles. The smallest absolute Gasteiger partial charge is 0.255 e. The zero-order valence-electron chi connectivity index (χ0n) is 14.7. The van der Waals surface area contributed by atoms with Crippen LogP contribution in [0.3, 0.4) is 0 Å². The molecular formula is C20H24ClN3O2. The van der Waals surface area contributed by atoms with Crippen LogP contribution in [0.25, 0.3) is 0 Å². The summed E-state index contributed by atoms with van der Waals surface area (Å²) >= 11 is 0. The number of nitrogens with one attached hydrogen (secondary N) is 3. The Balaban J connectivity index is 0.00000243. The maximum absolute atomic E-state index is 12.4. The first-order chi connectivity index (χ1) is 12.1. The highest BCUT2D eigenvalue weighted by atomic mass is 35.5. The lowest BCUT2D eigenvalue weighted by atomic mass is 9.92. The summed E-state index contributed by atoms with van der Waals surface area (Å²) in [6, 6.07) is 16.7. The Kier molecular flexibility index (Phi) is 7.18. The van der Waals surface area contributed by atoms with E-state index in [9.17, 15) is 9.59 Å². The summed E-state index contributed by atoms with van der Waals surface area (Å²) in [6.45, 7) is 2.96. The van der Waals surface area contributed by atoms with E-state index < -0.39 is 0 Å². The zero-order chi connectivity index (χ0) is 17.6. The van der Waals surface area contributed by atoms with Crippen LogP contribution in [0.4, 0.5) is 11.4 Å². The number of hydrogen-bond donors (Lipinski definition) is 3. The van der Waals surface area contributed by atoms with Gasteiger partial charge in [0.15, 0.2) is 0 Å². The molecule has 3 N–H and O–H groups in total. The second-order valence-electron chi connectivity index (χ2n) is 6.47. The van der Waals surface area contributed by atoms with Crippen molar-refractivity contribution in [1.29, 1.82) is 0 Å². The summed E-state index contributed by atoms with van der Waals surface area (Å²) < 4.78 is 0. The number of halogens is 1. The molecule has 0 aliphatic carbocycles. The quantitative estimate of drug-likeness (QED) is 0.765. The van der Waals surface area contributed by atoms with Gasteiger partial charge in [-0.25, -0.2) is 0 Å². The Morgan fingerprint density at radius 1 is 1.00 bits per heavy atom. The van der Waals surface area contributed by atoms with E-state index in [1.54, 1.807) is 18.2 Å². The van der Waals surface area contributed by atoms with Gasteiger partial charge in [-0.3, -0.25) is 9.59 Å². The molecule has 1 fully saturated rings. The van der Waals surface area contributed by atoms with Crippen molar-refractivity contribution in [1.82, 2.24) is 5.32 Å². The van der Waals surface area contributed by atoms with E-state index in [2.05, 4.69) is 22.9 Å². The predicted octanol–water partition coefficient (Wildman–Crippen LogP) is 3.69. The van der Waals surface area contributed by atoms with Gasteiger partial charge < -0.3 is 16.0 Å². The molecular weight excluding hydrogens is 350 g/mol. The van der Waals surface area contributed by atoms with Gasteiger partial charge in [0, 0.05) is 28.9 Å². The molecule has 26 heavy (non-hydrogen) atoms. The molecule has 0 aromatic heterocycles. The van der Waals surface area contributed by atoms with Gasteiger partial charge in [0.05, 0.1) is 0 Å². The predicted molar refractivity (Wildman–Crippen MR) is 107 cm³/mol. The highest BCUT2D eigenvalue weighted by Gasteiger charge is 2.24. The van der Waals surface area contributed by atoms with Gasteiger partial charge in [-0.15, -0.1) is 12.4 Å². The SMILES string of the molecule is C[C@H]1C[C@@H](C(=O)Nc2cccc(NC(=O)c3ccccc3)c2)CCN1.Cl. The first kappa shape index (κ1) is 19.9. The Morgan fingerprint density at radius 3 is 2.38 bits per heavy atom. The first-order valence-corrected chi connectivity index (χ1v) is 8.62. The van der Waals surface area contributed by atoms with Gasteiger partial charge in [-0.1, -0.05) is 24.3 Å². The molecule has 0 radical (unpaired) electrons. The normalized spacial score (nSPS) is 19.1. The highest BCUT2D eigenvalue weighted by molar-refractivity contribution is 6.04. The maximum atomic E-state index is 12.4. The molecule has 1 heterocycles. The minimum absolute atomic E-state index is 0. The third kappa shape index (κ3) is 5.31. The summed E-state index contributed by atoms with van der Waals surface area (Å²) in [5, 5.41) is 9.18. The van der Waals surface area contributed by atoms with Crippen molar-refractivity contribution in [3.05, 3.63) is 60.2 Å². The van der Waals surface area contributed by atoms with Gasteiger partial charge in [-0.2, -0.15) is 0 Å². The molecule has 0 spiro atoms. The number of piperidine rings is 1. The van der Waals surface area contributed by atoms with Crippen molar-refractivity contribution in [2.24, 2.45) is 5.92 Å². The van der Waals surface area contributed by atoms with Gasteiger partial charge in [0.1, 0.15) is 0 Å². The molecule has 3 rings (SSSR count). The van der Waals surface area contributed by atoms with E-state index in [1.807, 2.05) is 36.4 Å². The van der Waals surface area contributed by atoms with Crippen LogP contribution >= 0.6 is 12.4 Å². The lowest BCUT2D eigenvalue weighted by molar-refractivity contribution is -0.120. The average molecular weight is 374 g/mol.